The summed E-state index contributed by atoms with van der Waals surface area (Å²) in [5.41, 5.74) is 0.436. The number of anilines is 1. The standard InChI is InChI=1S/C12H20N4O3/c1-3-15(4-2)10-7-12(19)16(14-8-10)9-11(18)13-5-6-17/h7-8,17H,3-6,9H2,1-2H3,(H,13,18). The monoisotopic (exact) mass is 268 g/mol. The van der Waals surface area contributed by atoms with Gasteiger partial charge in [-0.1, -0.05) is 0 Å². The van der Waals surface area contributed by atoms with Gasteiger partial charge in [0, 0.05) is 25.7 Å². The second-order valence-corrected chi connectivity index (χ2v) is 3.96. The van der Waals surface area contributed by atoms with Gasteiger partial charge in [0.25, 0.3) is 5.56 Å². The smallest absolute Gasteiger partial charge is 0.269 e. The molecule has 7 nitrogen and oxygen atoms in total. The molecule has 7 heteroatoms. The molecule has 0 fully saturated rings. The maximum Gasteiger partial charge on any atom is 0.269 e. The van der Waals surface area contributed by atoms with Gasteiger partial charge in [-0.3, -0.25) is 9.59 Å². The molecule has 0 saturated carbocycles. The maximum absolute atomic E-state index is 11.8. The summed E-state index contributed by atoms with van der Waals surface area (Å²) in [7, 11) is 0. The van der Waals surface area contributed by atoms with Crippen LogP contribution in [-0.4, -0.2) is 47.0 Å². The van der Waals surface area contributed by atoms with E-state index < -0.39 is 0 Å². The molecule has 1 rings (SSSR count). The molecule has 0 bridgehead atoms. The molecule has 1 aromatic rings. The Morgan fingerprint density at radius 2 is 2.16 bits per heavy atom. The van der Waals surface area contributed by atoms with Crippen LogP contribution in [-0.2, 0) is 11.3 Å². The highest BCUT2D eigenvalue weighted by Crippen LogP contribution is 2.07. The Bertz CT molecular complexity index is 468. The molecule has 106 valence electrons. The van der Waals surface area contributed by atoms with Crippen LogP contribution < -0.4 is 15.8 Å². The fourth-order valence-electron chi connectivity index (χ4n) is 1.69. The molecule has 0 atom stereocenters. The summed E-state index contributed by atoms with van der Waals surface area (Å²) in [6.45, 7) is 5.48. The van der Waals surface area contributed by atoms with Crippen molar-refractivity contribution in [2.45, 2.75) is 20.4 Å². The van der Waals surface area contributed by atoms with Gasteiger partial charge < -0.3 is 15.3 Å². The van der Waals surface area contributed by atoms with Crippen molar-refractivity contribution in [2.75, 3.05) is 31.1 Å². The number of nitrogens with one attached hydrogen (secondary N) is 1. The first kappa shape index (κ1) is 15.2. The van der Waals surface area contributed by atoms with Crippen LogP contribution in [0.4, 0.5) is 5.69 Å². The lowest BCUT2D eigenvalue weighted by molar-refractivity contribution is -0.122. The fraction of sp³-hybridized carbons (Fsp3) is 0.583. The zero-order chi connectivity index (χ0) is 14.3. The minimum atomic E-state index is -0.348. The molecule has 0 saturated heterocycles. The molecule has 1 aromatic heterocycles. The van der Waals surface area contributed by atoms with Gasteiger partial charge in [0.2, 0.25) is 5.91 Å². The predicted octanol–water partition coefficient (Wildman–Crippen LogP) is -0.802. The van der Waals surface area contributed by atoms with E-state index in [1.807, 2.05) is 18.7 Å². The van der Waals surface area contributed by atoms with Crippen LogP contribution in [0.25, 0.3) is 0 Å². The number of nitrogens with zero attached hydrogens (tertiary/aromatic N) is 3. The van der Waals surface area contributed by atoms with E-state index in [9.17, 15) is 9.59 Å². The van der Waals surface area contributed by atoms with E-state index in [1.54, 1.807) is 6.20 Å². The Labute approximate surface area is 111 Å². The van der Waals surface area contributed by atoms with Crippen molar-refractivity contribution in [2.24, 2.45) is 0 Å². The highest BCUT2D eigenvalue weighted by Gasteiger charge is 2.08. The third-order valence-electron chi connectivity index (χ3n) is 2.71. The number of hydrogen-bond acceptors (Lipinski definition) is 5. The zero-order valence-electron chi connectivity index (χ0n) is 11.3. The highest BCUT2D eigenvalue weighted by molar-refractivity contribution is 5.75. The first-order valence-electron chi connectivity index (χ1n) is 6.32. The number of aliphatic hydroxyl groups is 1. The second-order valence-electron chi connectivity index (χ2n) is 3.96. The van der Waals surface area contributed by atoms with Crippen LogP contribution in [0.5, 0.6) is 0 Å². The molecule has 0 radical (unpaired) electrons. The average Bonchev–Trinajstić information content (AvgIpc) is 2.41. The Hall–Kier alpha value is -1.89. The van der Waals surface area contributed by atoms with Gasteiger partial charge in [0.05, 0.1) is 18.5 Å². The summed E-state index contributed by atoms with van der Waals surface area (Å²) in [4.78, 5) is 25.3. The molecular weight excluding hydrogens is 248 g/mol. The minimum Gasteiger partial charge on any atom is -0.395 e. The third kappa shape index (κ3) is 4.36. The van der Waals surface area contributed by atoms with Crippen LogP contribution in [0, 0.1) is 0 Å². The summed E-state index contributed by atoms with van der Waals surface area (Å²) >= 11 is 0. The summed E-state index contributed by atoms with van der Waals surface area (Å²) in [5.74, 6) is -0.348. The number of aromatic nitrogens is 2. The second kappa shape index (κ2) is 7.52. The van der Waals surface area contributed by atoms with Gasteiger partial charge in [-0.05, 0) is 13.8 Å². The largest absolute Gasteiger partial charge is 0.395 e. The van der Waals surface area contributed by atoms with Crippen molar-refractivity contribution in [1.29, 1.82) is 0 Å². The first-order chi connectivity index (χ1) is 9.12. The molecule has 1 amide bonds. The lowest BCUT2D eigenvalue weighted by Crippen LogP contribution is -2.35. The first-order valence-corrected chi connectivity index (χ1v) is 6.32. The Kier molecular flexibility index (Phi) is 6.01. The van der Waals surface area contributed by atoms with Crippen molar-refractivity contribution < 1.29 is 9.90 Å². The normalized spacial score (nSPS) is 10.3. The molecule has 0 aliphatic heterocycles. The summed E-state index contributed by atoms with van der Waals surface area (Å²) < 4.78 is 1.10. The molecule has 1 heterocycles. The molecular formula is C12H20N4O3. The van der Waals surface area contributed by atoms with E-state index in [2.05, 4.69) is 10.4 Å². The highest BCUT2D eigenvalue weighted by atomic mass is 16.3. The third-order valence-corrected chi connectivity index (χ3v) is 2.71. The van der Waals surface area contributed by atoms with Gasteiger partial charge in [0.1, 0.15) is 6.54 Å². The van der Waals surface area contributed by atoms with Crippen LogP contribution in [0.3, 0.4) is 0 Å². The number of rotatable bonds is 7. The number of carbonyl (C=O) groups excluding carboxylic acids is 1. The van der Waals surface area contributed by atoms with Crippen molar-refractivity contribution in [3.05, 3.63) is 22.6 Å². The Balaban J connectivity index is 2.77. The molecule has 0 aromatic carbocycles. The number of aliphatic hydroxyl groups excluding tert-OH is 1. The SMILES string of the molecule is CCN(CC)c1cnn(CC(=O)NCCO)c(=O)c1. The van der Waals surface area contributed by atoms with E-state index in [0.717, 1.165) is 23.5 Å². The average molecular weight is 268 g/mol. The molecule has 2 N–H and O–H groups in total. The van der Waals surface area contributed by atoms with Crippen LogP contribution in [0.2, 0.25) is 0 Å². The van der Waals surface area contributed by atoms with Crippen molar-refractivity contribution in [1.82, 2.24) is 15.1 Å². The van der Waals surface area contributed by atoms with E-state index >= 15 is 0 Å². The van der Waals surface area contributed by atoms with Crippen LogP contribution in [0.1, 0.15) is 13.8 Å². The number of amides is 1. The molecule has 19 heavy (non-hydrogen) atoms. The van der Waals surface area contributed by atoms with Gasteiger partial charge >= 0.3 is 0 Å². The fourth-order valence-corrected chi connectivity index (χ4v) is 1.69. The number of carbonyl (C=O) groups is 1. The predicted molar refractivity (Wildman–Crippen MR) is 72.2 cm³/mol. The summed E-state index contributed by atoms with van der Waals surface area (Å²) in [5, 5.41) is 15.0. The molecule has 0 spiro atoms. The lowest BCUT2D eigenvalue weighted by Gasteiger charge is -2.20. The summed E-state index contributed by atoms with van der Waals surface area (Å²) in [6, 6.07) is 1.47. The Morgan fingerprint density at radius 1 is 1.47 bits per heavy atom. The molecule has 0 aliphatic carbocycles. The van der Waals surface area contributed by atoms with Crippen molar-refractivity contribution in [3.63, 3.8) is 0 Å². The summed E-state index contributed by atoms with van der Waals surface area (Å²) in [6.07, 6.45) is 1.58. The molecule has 0 unspecified atom stereocenters. The van der Waals surface area contributed by atoms with Crippen molar-refractivity contribution >= 4 is 11.6 Å². The van der Waals surface area contributed by atoms with Crippen LogP contribution in [0.15, 0.2) is 17.1 Å². The lowest BCUT2D eigenvalue weighted by atomic mass is 10.4. The Morgan fingerprint density at radius 3 is 2.68 bits per heavy atom. The topological polar surface area (TPSA) is 87.5 Å². The van der Waals surface area contributed by atoms with Crippen LogP contribution >= 0.6 is 0 Å². The van der Waals surface area contributed by atoms with E-state index in [1.165, 1.54) is 6.07 Å². The van der Waals surface area contributed by atoms with E-state index in [4.69, 9.17) is 5.11 Å². The number of hydrogen-bond donors (Lipinski definition) is 2. The minimum absolute atomic E-state index is 0.130. The van der Waals surface area contributed by atoms with Gasteiger partial charge in [0.15, 0.2) is 0 Å². The van der Waals surface area contributed by atoms with Gasteiger partial charge in [-0.2, -0.15) is 5.10 Å². The zero-order valence-corrected chi connectivity index (χ0v) is 11.3. The van der Waals surface area contributed by atoms with E-state index in [-0.39, 0.29) is 31.2 Å². The van der Waals surface area contributed by atoms with Gasteiger partial charge in [-0.15, -0.1) is 0 Å². The van der Waals surface area contributed by atoms with Gasteiger partial charge in [-0.25, -0.2) is 4.68 Å². The van der Waals surface area contributed by atoms with Crippen molar-refractivity contribution in [3.8, 4) is 0 Å². The maximum atomic E-state index is 11.8. The van der Waals surface area contributed by atoms with E-state index in [0.29, 0.717) is 0 Å². The quantitative estimate of drug-likeness (QED) is 0.676. The molecule has 0 aliphatic rings.